The lowest BCUT2D eigenvalue weighted by molar-refractivity contribution is 0.552. The lowest BCUT2D eigenvalue weighted by atomic mass is 10.2. The van der Waals surface area contributed by atoms with Crippen molar-refractivity contribution >= 4 is 39.0 Å². The van der Waals surface area contributed by atoms with E-state index in [1.54, 1.807) is 18.7 Å². The first kappa shape index (κ1) is 18.5. The van der Waals surface area contributed by atoms with Gasteiger partial charge in [0.25, 0.3) is 0 Å². The van der Waals surface area contributed by atoms with E-state index in [0.717, 1.165) is 12.1 Å². The van der Waals surface area contributed by atoms with Gasteiger partial charge >= 0.3 is 0 Å². The Bertz CT molecular complexity index is 856. The highest BCUT2D eigenvalue weighted by molar-refractivity contribution is 7.93. The Hall–Kier alpha value is -1.85. The highest BCUT2D eigenvalue weighted by atomic mass is 35.5. The second-order valence-corrected chi connectivity index (χ2v) is 8.25. The van der Waals surface area contributed by atoms with Gasteiger partial charge in [-0.05, 0) is 43.7 Å². The van der Waals surface area contributed by atoms with E-state index in [4.69, 9.17) is 11.6 Å². The van der Waals surface area contributed by atoms with E-state index >= 15 is 0 Å². The Morgan fingerprint density at radius 1 is 1.25 bits per heavy atom. The molecule has 2 aromatic carbocycles. The van der Waals surface area contributed by atoms with Crippen molar-refractivity contribution in [1.82, 2.24) is 4.90 Å². The zero-order valence-electron chi connectivity index (χ0n) is 14.4. The van der Waals surface area contributed by atoms with Gasteiger partial charge in [-0.15, -0.1) is 0 Å². The van der Waals surface area contributed by atoms with Crippen molar-refractivity contribution in [3.8, 4) is 0 Å². The molecule has 2 rings (SSSR count). The molecule has 0 spiro atoms. The van der Waals surface area contributed by atoms with E-state index in [-0.39, 0.29) is 0 Å². The summed E-state index contributed by atoms with van der Waals surface area (Å²) in [6.07, 6.45) is 3.37. The summed E-state index contributed by atoms with van der Waals surface area (Å²) >= 11 is 6.34. The van der Waals surface area contributed by atoms with Gasteiger partial charge in [-0.1, -0.05) is 29.8 Å². The summed E-state index contributed by atoms with van der Waals surface area (Å²) in [7, 11) is -0.650. The number of aryl methyl sites for hydroxylation is 1. The molecule has 1 atom stereocenters. The van der Waals surface area contributed by atoms with Crippen LogP contribution >= 0.6 is 11.6 Å². The first-order valence-electron chi connectivity index (χ1n) is 7.65. The van der Waals surface area contributed by atoms with Gasteiger partial charge in [0.05, 0.1) is 37.4 Å². The SMILES string of the molecule is CCN(C)C=Nc1cc(C)c(S(C)(=O)=Nc2ccccc2)cc1Cl. The average molecular weight is 364 g/mol. The molecule has 0 saturated carbocycles. The first-order chi connectivity index (χ1) is 11.3. The van der Waals surface area contributed by atoms with E-state index in [9.17, 15) is 4.21 Å². The summed E-state index contributed by atoms with van der Waals surface area (Å²) in [4.78, 5) is 6.98. The second-order valence-electron chi connectivity index (χ2n) is 5.62. The smallest absolute Gasteiger partial charge is 0.0910 e. The molecule has 0 heterocycles. The molecule has 0 amide bonds. The average Bonchev–Trinajstić information content (AvgIpc) is 2.55. The number of aliphatic imine (C=N–C) groups is 1. The predicted octanol–water partition coefficient (Wildman–Crippen LogP) is 5.05. The summed E-state index contributed by atoms with van der Waals surface area (Å²) in [5.74, 6) is 0. The second kappa shape index (κ2) is 7.81. The minimum atomic E-state index is -2.59. The van der Waals surface area contributed by atoms with Gasteiger partial charge in [0.15, 0.2) is 0 Å². The normalized spacial score (nSPS) is 13.7. The molecule has 6 heteroatoms. The third-order valence-corrected chi connectivity index (χ3v) is 5.70. The van der Waals surface area contributed by atoms with Crippen molar-refractivity contribution < 1.29 is 4.21 Å². The Labute approximate surface area is 149 Å². The van der Waals surface area contributed by atoms with Gasteiger partial charge in [0, 0.05) is 19.8 Å². The number of halogens is 1. The van der Waals surface area contributed by atoms with Crippen LogP contribution < -0.4 is 0 Å². The molecule has 2 aromatic rings. The van der Waals surface area contributed by atoms with Crippen molar-refractivity contribution in [1.29, 1.82) is 0 Å². The molecule has 0 saturated heterocycles. The maximum absolute atomic E-state index is 13.1. The minimum absolute atomic E-state index is 0.467. The zero-order valence-corrected chi connectivity index (χ0v) is 15.9. The molecule has 0 N–H and O–H groups in total. The molecule has 0 radical (unpaired) electrons. The molecule has 0 aromatic heterocycles. The number of benzene rings is 2. The fraction of sp³-hybridized carbons (Fsp3) is 0.278. The number of rotatable bonds is 5. The fourth-order valence-corrected chi connectivity index (χ4v) is 4.03. The predicted molar refractivity (Wildman–Crippen MR) is 104 cm³/mol. The highest BCUT2D eigenvalue weighted by Crippen LogP contribution is 2.32. The lowest BCUT2D eigenvalue weighted by Crippen LogP contribution is -2.14. The molecule has 0 aliphatic rings. The number of nitrogens with zero attached hydrogens (tertiary/aromatic N) is 3. The quantitative estimate of drug-likeness (QED) is 0.551. The standard InChI is InChI=1S/C18H22ClN3OS/c1-5-22(3)13-20-17-11-14(2)18(12-16(17)19)24(4,23)21-15-9-7-6-8-10-15/h6-13H,5H2,1-4H3. The monoisotopic (exact) mass is 363 g/mol. The molecule has 0 fully saturated rings. The summed E-state index contributed by atoms with van der Waals surface area (Å²) in [6.45, 7) is 4.80. The van der Waals surface area contributed by atoms with Crippen molar-refractivity contribution in [3.63, 3.8) is 0 Å². The van der Waals surface area contributed by atoms with Crippen LogP contribution in [0, 0.1) is 6.92 Å². The molecular weight excluding hydrogens is 342 g/mol. The van der Waals surface area contributed by atoms with Crippen LogP contribution in [0.15, 0.2) is 56.7 Å². The van der Waals surface area contributed by atoms with Gasteiger partial charge < -0.3 is 4.90 Å². The lowest BCUT2D eigenvalue weighted by Gasteiger charge is -2.12. The summed E-state index contributed by atoms with van der Waals surface area (Å²) < 4.78 is 17.5. The topological polar surface area (TPSA) is 45.0 Å². The molecule has 4 nitrogen and oxygen atoms in total. The summed E-state index contributed by atoms with van der Waals surface area (Å²) in [6, 6.07) is 12.9. The van der Waals surface area contributed by atoms with E-state index in [1.807, 2.05) is 62.2 Å². The van der Waals surface area contributed by atoms with Crippen LogP contribution in [-0.4, -0.2) is 35.3 Å². The zero-order chi connectivity index (χ0) is 17.7. The molecule has 0 aliphatic carbocycles. The number of hydrogen-bond donors (Lipinski definition) is 0. The van der Waals surface area contributed by atoms with Crippen LogP contribution in [-0.2, 0) is 9.73 Å². The van der Waals surface area contributed by atoms with Crippen LogP contribution in [0.2, 0.25) is 5.02 Å². The molecular formula is C18H22ClN3OS. The maximum atomic E-state index is 13.1. The third kappa shape index (κ3) is 4.58. The Balaban J connectivity index is 2.45. The van der Waals surface area contributed by atoms with Gasteiger partial charge in [0.1, 0.15) is 0 Å². The molecule has 24 heavy (non-hydrogen) atoms. The maximum Gasteiger partial charge on any atom is 0.0910 e. The van der Waals surface area contributed by atoms with Crippen molar-refractivity contribution in [3.05, 3.63) is 53.1 Å². The van der Waals surface area contributed by atoms with E-state index in [2.05, 4.69) is 9.36 Å². The van der Waals surface area contributed by atoms with Gasteiger partial charge in [-0.3, -0.25) is 0 Å². The largest absolute Gasteiger partial charge is 0.366 e. The van der Waals surface area contributed by atoms with Crippen molar-refractivity contribution in [2.45, 2.75) is 18.7 Å². The van der Waals surface area contributed by atoms with Crippen LogP contribution in [0.3, 0.4) is 0 Å². The van der Waals surface area contributed by atoms with Crippen LogP contribution in [0.25, 0.3) is 0 Å². The summed E-state index contributed by atoms with van der Waals surface area (Å²) in [5.41, 5.74) is 2.21. The van der Waals surface area contributed by atoms with Crippen LogP contribution in [0.4, 0.5) is 11.4 Å². The van der Waals surface area contributed by atoms with Crippen molar-refractivity contribution in [2.75, 3.05) is 19.8 Å². The Morgan fingerprint density at radius 2 is 1.92 bits per heavy atom. The molecule has 0 aliphatic heterocycles. The van der Waals surface area contributed by atoms with E-state index < -0.39 is 9.73 Å². The van der Waals surface area contributed by atoms with Crippen LogP contribution in [0.1, 0.15) is 12.5 Å². The van der Waals surface area contributed by atoms with Crippen molar-refractivity contribution in [2.24, 2.45) is 9.36 Å². The first-order valence-corrected chi connectivity index (χ1v) is 9.95. The van der Waals surface area contributed by atoms with Gasteiger partial charge in [-0.2, -0.15) is 4.36 Å². The van der Waals surface area contributed by atoms with Gasteiger partial charge in [0.2, 0.25) is 0 Å². The fourth-order valence-electron chi connectivity index (χ4n) is 2.14. The third-order valence-electron chi connectivity index (χ3n) is 3.58. The minimum Gasteiger partial charge on any atom is -0.366 e. The molecule has 128 valence electrons. The Kier molecular flexibility index (Phi) is 6.02. The summed E-state index contributed by atoms with van der Waals surface area (Å²) in [5, 5.41) is 0.467. The molecule has 1 unspecified atom stereocenters. The number of hydrogen-bond acceptors (Lipinski definition) is 3. The molecule has 0 bridgehead atoms. The highest BCUT2D eigenvalue weighted by Gasteiger charge is 2.13. The van der Waals surface area contributed by atoms with Gasteiger partial charge in [-0.25, -0.2) is 9.20 Å². The van der Waals surface area contributed by atoms with E-state index in [1.165, 1.54) is 0 Å². The Morgan fingerprint density at radius 3 is 2.54 bits per heavy atom. The van der Waals surface area contributed by atoms with E-state index in [0.29, 0.717) is 21.3 Å². The van der Waals surface area contributed by atoms with Crippen LogP contribution in [0.5, 0.6) is 0 Å².